The van der Waals surface area contributed by atoms with Gasteiger partial charge in [-0.2, -0.15) is 0 Å². The largest absolute Gasteiger partial charge is 0.459 e. The van der Waals surface area contributed by atoms with E-state index >= 15 is 0 Å². The molecule has 7 nitrogen and oxygen atoms in total. The van der Waals surface area contributed by atoms with Crippen LogP contribution in [0.4, 0.5) is 4.79 Å². The molecular formula is C7H9N3O4. The molecule has 7 heteroatoms. The minimum atomic E-state index is -1.06. The number of carbonyl (C=O) groups excluding carboxylic acids is 2. The summed E-state index contributed by atoms with van der Waals surface area (Å²) in [5, 5.41) is 2.64. The minimum absolute atomic E-state index is 0.0988. The summed E-state index contributed by atoms with van der Waals surface area (Å²) >= 11 is 0. The molecule has 0 spiro atoms. The highest BCUT2D eigenvalue weighted by Gasteiger charge is 2.03. The van der Waals surface area contributed by atoms with Crippen molar-refractivity contribution in [2.24, 2.45) is 5.11 Å². The molecule has 0 aromatic heterocycles. The van der Waals surface area contributed by atoms with Crippen LogP contribution in [-0.4, -0.2) is 25.3 Å². The first kappa shape index (κ1) is 12.0. The van der Waals surface area contributed by atoms with Crippen LogP contribution >= 0.6 is 0 Å². The summed E-state index contributed by atoms with van der Waals surface area (Å²) in [6.07, 6.45) is -1.06. The van der Waals surface area contributed by atoms with Gasteiger partial charge < -0.3 is 9.47 Å². The van der Waals surface area contributed by atoms with Crippen molar-refractivity contribution in [2.75, 3.05) is 13.2 Å². The van der Waals surface area contributed by atoms with Crippen LogP contribution in [-0.2, 0) is 14.3 Å². The number of carbonyl (C=O) groups is 2. The lowest BCUT2D eigenvalue weighted by atomic mass is 10.4. The van der Waals surface area contributed by atoms with Crippen LogP contribution in [0.5, 0.6) is 0 Å². The first-order chi connectivity index (χ1) is 6.57. The van der Waals surface area contributed by atoms with Crippen molar-refractivity contribution in [1.29, 1.82) is 0 Å². The van der Waals surface area contributed by atoms with E-state index in [0.29, 0.717) is 0 Å². The van der Waals surface area contributed by atoms with Gasteiger partial charge >= 0.3 is 12.1 Å². The zero-order chi connectivity index (χ0) is 11.0. The van der Waals surface area contributed by atoms with E-state index in [1.807, 2.05) is 0 Å². The van der Waals surface area contributed by atoms with Crippen molar-refractivity contribution in [3.63, 3.8) is 0 Å². The first-order valence-corrected chi connectivity index (χ1v) is 3.62. The number of hydrogen-bond donors (Lipinski definition) is 0. The van der Waals surface area contributed by atoms with Crippen molar-refractivity contribution in [2.45, 2.75) is 6.92 Å². The maximum Gasteiger partial charge on any atom is 0.396 e. The van der Waals surface area contributed by atoms with Crippen LogP contribution < -0.4 is 0 Å². The SMILES string of the molecule is C=C(C)C(=O)OCCOC(=O)N=[N+]=[N-]. The molecule has 1 amide bonds. The van der Waals surface area contributed by atoms with E-state index < -0.39 is 12.1 Å². The van der Waals surface area contributed by atoms with Crippen LogP contribution in [0.15, 0.2) is 17.3 Å². The van der Waals surface area contributed by atoms with Crippen molar-refractivity contribution in [1.82, 2.24) is 0 Å². The molecule has 0 atom stereocenters. The third kappa shape index (κ3) is 5.62. The molecular weight excluding hydrogens is 190 g/mol. The molecule has 0 bridgehead atoms. The predicted octanol–water partition coefficient (Wildman–Crippen LogP) is 1.55. The Hall–Kier alpha value is -2.01. The monoisotopic (exact) mass is 199 g/mol. The second kappa shape index (κ2) is 6.50. The fourth-order valence-electron chi connectivity index (χ4n) is 0.452. The van der Waals surface area contributed by atoms with Gasteiger partial charge in [0.25, 0.3) is 0 Å². The smallest absolute Gasteiger partial charge is 0.396 e. The summed E-state index contributed by atoms with van der Waals surface area (Å²) in [6, 6.07) is 0. The maximum atomic E-state index is 10.8. The highest BCUT2D eigenvalue weighted by atomic mass is 16.6. The molecule has 0 aliphatic rings. The molecule has 0 aromatic rings. The summed E-state index contributed by atoms with van der Waals surface area (Å²) in [5.41, 5.74) is 8.07. The summed E-state index contributed by atoms with van der Waals surface area (Å²) in [6.45, 7) is 4.59. The van der Waals surface area contributed by atoms with Gasteiger partial charge in [0.2, 0.25) is 0 Å². The molecule has 0 fully saturated rings. The van der Waals surface area contributed by atoms with E-state index in [2.05, 4.69) is 26.1 Å². The molecule has 0 aliphatic heterocycles. The van der Waals surface area contributed by atoms with Gasteiger partial charge in [-0.05, 0) is 12.5 Å². The lowest BCUT2D eigenvalue weighted by molar-refractivity contribution is -0.139. The zero-order valence-electron chi connectivity index (χ0n) is 7.60. The van der Waals surface area contributed by atoms with Crippen LogP contribution in [0, 0.1) is 0 Å². The van der Waals surface area contributed by atoms with E-state index in [9.17, 15) is 9.59 Å². The van der Waals surface area contributed by atoms with Gasteiger partial charge in [-0.1, -0.05) is 6.58 Å². The van der Waals surface area contributed by atoms with Gasteiger partial charge in [0.1, 0.15) is 13.2 Å². The van der Waals surface area contributed by atoms with Gasteiger partial charge in [0, 0.05) is 15.6 Å². The molecule has 0 aliphatic carbocycles. The molecule has 0 saturated heterocycles. The van der Waals surface area contributed by atoms with Crippen LogP contribution in [0.2, 0.25) is 0 Å². The number of amides is 1. The van der Waals surface area contributed by atoms with Crippen molar-refractivity contribution >= 4 is 12.1 Å². The molecule has 0 unspecified atom stereocenters. The highest BCUT2D eigenvalue weighted by molar-refractivity contribution is 5.86. The number of azide groups is 1. The standard InChI is InChI=1S/C7H9N3O4/c1-5(2)6(11)13-3-4-14-7(12)9-10-8/h1,3-4H2,2H3. The molecule has 0 radical (unpaired) electrons. The lowest BCUT2D eigenvalue weighted by Crippen LogP contribution is -2.12. The fraction of sp³-hybridized carbons (Fsp3) is 0.429. The van der Waals surface area contributed by atoms with Gasteiger partial charge in [-0.15, -0.1) is 0 Å². The van der Waals surface area contributed by atoms with Crippen LogP contribution in [0.3, 0.4) is 0 Å². The second-order valence-electron chi connectivity index (χ2n) is 2.22. The third-order valence-corrected chi connectivity index (χ3v) is 1.02. The highest BCUT2D eigenvalue weighted by Crippen LogP contribution is 1.92. The Morgan fingerprint density at radius 2 is 2.00 bits per heavy atom. The molecule has 76 valence electrons. The Bertz CT molecular complexity index is 277. The summed E-state index contributed by atoms with van der Waals surface area (Å²) < 4.78 is 8.93. The quantitative estimate of drug-likeness (QED) is 0.171. The molecule has 0 aromatic carbocycles. The van der Waals surface area contributed by atoms with E-state index in [-0.39, 0.29) is 18.8 Å². The third-order valence-electron chi connectivity index (χ3n) is 1.02. The van der Waals surface area contributed by atoms with E-state index in [1.165, 1.54) is 6.92 Å². The average Bonchev–Trinajstić information content (AvgIpc) is 2.12. The topological polar surface area (TPSA) is 101 Å². The Labute approximate surface area is 79.9 Å². The Balaban J connectivity index is 3.57. The number of rotatable bonds is 4. The van der Waals surface area contributed by atoms with E-state index in [1.54, 1.807) is 0 Å². The summed E-state index contributed by atoms with van der Waals surface area (Å²) in [5.74, 6) is -0.565. The fourth-order valence-corrected chi connectivity index (χ4v) is 0.452. The van der Waals surface area contributed by atoms with Crippen molar-refractivity contribution in [3.05, 3.63) is 22.6 Å². The molecule has 0 N–H and O–H groups in total. The van der Waals surface area contributed by atoms with Crippen LogP contribution in [0.1, 0.15) is 6.92 Å². The second-order valence-corrected chi connectivity index (χ2v) is 2.22. The maximum absolute atomic E-state index is 10.8. The number of nitrogens with zero attached hydrogens (tertiary/aromatic N) is 3. The average molecular weight is 199 g/mol. The van der Waals surface area contributed by atoms with E-state index in [4.69, 9.17) is 5.53 Å². The van der Waals surface area contributed by atoms with Crippen molar-refractivity contribution in [3.8, 4) is 0 Å². The lowest BCUT2D eigenvalue weighted by Gasteiger charge is -2.03. The van der Waals surface area contributed by atoms with Crippen molar-refractivity contribution < 1.29 is 19.1 Å². The predicted molar refractivity (Wildman–Crippen MR) is 46.3 cm³/mol. The normalized spacial score (nSPS) is 8.36. The number of hydrogen-bond acceptors (Lipinski definition) is 4. The minimum Gasteiger partial charge on any atom is -0.459 e. The first-order valence-electron chi connectivity index (χ1n) is 3.62. The van der Waals surface area contributed by atoms with Gasteiger partial charge in [0.15, 0.2) is 0 Å². The number of ether oxygens (including phenoxy) is 2. The van der Waals surface area contributed by atoms with Gasteiger partial charge in [-0.3, -0.25) is 0 Å². The Morgan fingerprint density at radius 3 is 2.50 bits per heavy atom. The Kier molecular flexibility index (Phi) is 5.57. The molecule has 14 heavy (non-hydrogen) atoms. The molecule has 0 rings (SSSR count). The van der Waals surface area contributed by atoms with Gasteiger partial charge in [-0.25, -0.2) is 9.59 Å². The van der Waals surface area contributed by atoms with Gasteiger partial charge in [0.05, 0.1) is 0 Å². The summed E-state index contributed by atoms with van der Waals surface area (Å²) in [4.78, 5) is 23.4. The molecule has 0 heterocycles. The summed E-state index contributed by atoms with van der Waals surface area (Å²) in [7, 11) is 0. The van der Waals surface area contributed by atoms with Crippen LogP contribution in [0.25, 0.3) is 10.4 Å². The zero-order valence-corrected chi connectivity index (χ0v) is 7.60. The Morgan fingerprint density at radius 1 is 1.43 bits per heavy atom. The number of esters is 1. The van der Waals surface area contributed by atoms with E-state index in [0.717, 1.165) is 0 Å². The molecule has 0 saturated carbocycles.